The fourth-order valence-corrected chi connectivity index (χ4v) is 3.68. The second kappa shape index (κ2) is 5.10. The molecule has 0 aliphatic carbocycles. The molecule has 0 spiro atoms. The van der Waals surface area contributed by atoms with E-state index < -0.39 is 20.6 Å². The lowest BCUT2D eigenvalue weighted by atomic mass is 9.96. The van der Waals surface area contributed by atoms with Gasteiger partial charge in [-0.1, -0.05) is 38.5 Å². The summed E-state index contributed by atoms with van der Waals surface area (Å²) in [6.07, 6.45) is 0.432. The summed E-state index contributed by atoms with van der Waals surface area (Å²) in [6.45, 7) is 7.22. The van der Waals surface area contributed by atoms with Crippen LogP contribution < -0.4 is 5.32 Å². The van der Waals surface area contributed by atoms with E-state index in [1.54, 1.807) is 45.0 Å². The Bertz CT molecular complexity index is 512. The molecule has 4 nitrogen and oxygen atoms in total. The molecule has 0 radical (unpaired) electrons. The average molecular weight is 269 g/mol. The molecule has 18 heavy (non-hydrogen) atoms. The lowest BCUT2D eigenvalue weighted by Gasteiger charge is -2.29. The second-order valence-corrected chi connectivity index (χ2v) is 7.42. The molecule has 1 unspecified atom stereocenters. The quantitative estimate of drug-likeness (QED) is 0.849. The van der Waals surface area contributed by atoms with Crippen molar-refractivity contribution in [3.8, 4) is 0 Å². The number of sulfone groups is 1. The maximum Gasteiger partial charge on any atom is 0.208 e. The highest BCUT2D eigenvalue weighted by Gasteiger charge is 2.36. The van der Waals surface area contributed by atoms with Crippen molar-refractivity contribution < 1.29 is 13.2 Å². The summed E-state index contributed by atoms with van der Waals surface area (Å²) in [6, 6.07) is 6.62. The average Bonchev–Trinajstić information content (AvgIpc) is 2.24. The smallest absolute Gasteiger partial charge is 0.208 e. The van der Waals surface area contributed by atoms with Crippen molar-refractivity contribution >= 4 is 16.2 Å². The summed E-state index contributed by atoms with van der Waals surface area (Å²) in [5.74, 6) is 0. The highest BCUT2D eigenvalue weighted by molar-refractivity contribution is 7.92. The van der Waals surface area contributed by atoms with Gasteiger partial charge >= 0.3 is 0 Å². The van der Waals surface area contributed by atoms with Crippen LogP contribution in [0.3, 0.4) is 0 Å². The van der Waals surface area contributed by atoms with E-state index in [0.29, 0.717) is 6.41 Å². The molecule has 0 saturated heterocycles. The Hall–Kier alpha value is -1.36. The van der Waals surface area contributed by atoms with Crippen LogP contribution in [-0.4, -0.2) is 20.2 Å². The normalized spacial score (nSPS) is 14.0. The van der Waals surface area contributed by atoms with Gasteiger partial charge in [-0.15, -0.1) is 0 Å². The zero-order chi connectivity index (χ0) is 14.0. The molecule has 1 aromatic rings. The molecular weight excluding hydrogens is 250 g/mol. The van der Waals surface area contributed by atoms with Crippen LogP contribution in [0.5, 0.6) is 0 Å². The molecule has 0 saturated carbocycles. The Morgan fingerprint density at radius 1 is 1.17 bits per heavy atom. The number of aryl methyl sites for hydroxylation is 1. The van der Waals surface area contributed by atoms with Gasteiger partial charge in [-0.3, -0.25) is 4.79 Å². The topological polar surface area (TPSA) is 63.2 Å². The Morgan fingerprint density at radius 2 is 1.67 bits per heavy atom. The summed E-state index contributed by atoms with van der Waals surface area (Å²) in [5.41, 5.74) is 0.412. The second-order valence-electron chi connectivity index (χ2n) is 5.39. The van der Waals surface area contributed by atoms with E-state index in [9.17, 15) is 13.2 Å². The summed E-state index contributed by atoms with van der Waals surface area (Å²) < 4.78 is 24.9. The van der Waals surface area contributed by atoms with Gasteiger partial charge < -0.3 is 5.32 Å². The first-order valence-corrected chi connectivity index (χ1v) is 7.24. The minimum absolute atomic E-state index is 0.224. The predicted molar refractivity (Wildman–Crippen MR) is 70.8 cm³/mol. The van der Waals surface area contributed by atoms with Crippen LogP contribution in [0.1, 0.15) is 26.3 Å². The monoisotopic (exact) mass is 269 g/mol. The molecule has 0 fully saturated rings. The number of hydrogen-bond acceptors (Lipinski definition) is 3. The minimum Gasteiger partial charge on any atom is -0.341 e. The molecular formula is C13H19NO3S. The lowest BCUT2D eigenvalue weighted by molar-refractivity contribution is -0.110. The molecule has 0 bridgehead atoms. The minimum atomic E-state index is -3.58. The van der Waals surface area contributed by atoms with Gasteiger partial charge in [0.15, 0.2) is 9.84 Å². The number of carbonyl (C=O) groups is 1. The van der Waals surface area contributed by atoms with Crippen molar-refractivity contribution in [2.45, 2.75) is 38.0 Å². The molecule has 0 heterocycles. The Kier molecular flexibility index (Phi) is 4.16. The van der Waals surface area contributed by atoms with Gasteiger partial charge in [0.1, 0.15) is 5.37 Å². The lowest BCUT2D eigenvalue weighted by Crippen LogP contribution is -2.45. The largest absolute Gasteiger partial charge is 0.341 e. The molecule has 100 valence electrons. The zero-order valence-corrected chi connectivity index (χ0v) is 11.9. The summed E-state index contributed by atoms with van der Waals surface area (Å²) in [4.78, 5) is 10.8. The molecule has 0 aliphatic rings. The fraction of sp³-hybridized carbons (Fsp3) is 0.462. The van der Waals surface area contributed by atoms with Crippen molar-refractivity contribution in [2.75, 3.05) is 0 Å². The van der Waals surface area contributed by atoms with Gasteiger partial charge in [0, 0.05) is 0 Å². The molecule has 1 amide bonds. The van der Waals surface area contributed by atoms with Crippen LogP contribution in [0.2, 0.25) is 0 Å². The number of carbonyl (C=O) groups excluding carboxylic acids is 1. The molecule has 0 aliphatic heterocycles. The maximum absolute atomic E-state index is 12.5. The summed E-state index contributed by atoms with van der Waals surface area (Å²) >= 11 is 0. The van der Waals surface area contributed by atoms with Crippen molar-refractivity contribution in [3.63, 3.8) is 0 Å². The van der Waals surface area contributed by atoms with E-state index >= 15 is 0 Å². The van der Waals surface area contributed by atoms with E-state index in [2.05, 4.69) is 5.32 Å². The Balaban J connectivity index is 3.25. The van der Waals surface area contributed by atoms with Crippen LogP contribution in [0.25, 0.3) is 0 Å². The first-order valence-electron chi connectivity index (χ1n) is 5.70. The Morgan fingerprint density at radius 3 is 2.06 bits per heavy atom. The van der Waals surface area contributed by atoms with Crippen LogP contribution in [-0.2, 0) is 14.6 Å². The van der Waals surface area contributed by atoms with Crippen LogP contribution in [0.4, 0.5) is 0 Å². The SMILES string of the molecule is Cc1ccc(S(=O)(=O)C(NC=O)C(C)(C)C)cc1. The van der Waals surface area contributed by atoms with Crippen molar-refractivity contribution in [2.24, 2.45) is 5.41 Å². The number of benzene rings is 1. The van der Waals surface area contributed by atoms with E-state index in [-0.39, 0.29) is 4.90 Å². The van der Waals surface area contributed by atoms with Gasteiger partial charge in [0.2, 0.25) is 6.41 Å². The van der Waals surface area contributed by atoms with Crippen LogP contribution >= 0.6 is 0 Å². The number of nitrogens with one attached hydrogen (secondary N) is 1. The zero-order valence-electron chi connectivity index (χ0n) is 11.1. The van der Waals surface area contributed by atoms with E-state index in [0.717, 1.165) is 5.56 Å². The number of rotatable bonds is 4. The van der Waals surface area contributed by atoms with Gasteiger partial charge in [-0.2, -0.15) is 0 Å². The van der Waals surface area contributed by atoms with Gasteiger partial charge in [0.25, 0.3) is 0 Å². The van der Waals surface area contributed by atoms with Crippen LogP contribution in [0.15, 0.2) is 29.2 Å². The van der Waals surface area contributed by atoms with E-state index in [1.807, 2.05) is 6.92 Å². The van der Waals surface area contributed by atoms with Crippen molar-refractivity contribution in [1.29, 1.82) is 0 Å². The van der Waals surface area contributed by atoms with E-state index in [4.69, 9.17) is 0 Å². The fourth-order valence-electron chi connectivity index (χ4n) is 1.73. The first-order chi connectivity index (χ1) is 8.19. The molecule has 1 atom stereocenters. The van der Waals surface area contributed by atoms with Crippen molar-refractivity contribution in [3.05, 3.63) is 29.8 Å². The van der Waals surface area contributed by atoms with Crippen molar-refractivity contribution in [1.82, 2.24) is 5.32 Å². The number of hydrogen-bond donors (Lipinski definition) is 1. The van der Waals surface area contributed by atoms with Gasteiger partial charge in [-0.25, -0.2) is 8.42 Å². The third kappa shape index (κ3) is 3.10. The highest BCUT2D eigenvalue weighted by Crippen LogP contribution is 2.28. The Labute approximate surface area is 108 Å². The third-order valence-electron chi connectivity index (χ3n) is 2.67. The molecule has 5 heteroatoms. The number of amides is 1. The molecule has 1 rings (SSSR count). The van der Waals surface area contributed by atoms with Gasteiger partial charge in [0.05, 0.1) is 4.90 Å². The highest BCUT2D eigenvalue weighted by atomic mass is 32.2. The van der Waals surface area contributed by atoms with Gasteiger partial charge in [-0.05, 0) is 24.5 Å². The van der Waals surface area contributed by atoms with Crippen LogP contribution in [0, 0.1) is 12.3 Å². The first kappa shape index (κ1) is 14.7. The maximum atomic E-state index is 12.5. The molecule has 1 N–H and O–H groups in total. The summed E-state index contributed by atoms with van der Waals surface area (Å²) in [5, 5.41) is 1.47. The standard InChI is InChI=1S/C13H19NO3S/c1-10-5-7-11(8-6-10)18(16,17)12(14-9-15)13(2,3)4/h5-9,12H,1-4H3,(H,14,15). The third-order valence-corrected chi connectivity index (χ3v) is 5.06. The van der Waals surface area contributed by atoms with E-state index in [1.165, 1.54) is 0 Å². The molecule has 0 aromatic heterocycles. The summed E-state index contributed by atoms with van der Waals surface area (Å²) in [7, 11) is -3.58. The molecule has 1 aromatic carbocycles. The predicted octanol–water partition coefficient (Wildman–Crippen LogP) is 1.89.